The van der Waals surface area contributed by atoms with Gasteiger partial charge in [-0.15, -0.1) is 0 Å². The molecule has 0 aromatic heterocycles. The molecule has 0 radical (unpaired) electrons. The van der Waals surface area contributed by atoms with E-state index in [2.05, 4.69) is 4.72 Å². The van der Waals surface area contributed by atoms with Crippen molar-refractivity contribution in [2.24, 2.45) is 0 Å². The van der Waals surface area contributed by atoms with E-state index in [4.69, 9.17) is 9.47 Å². The van der Waals surface area contributed by atoms with Gasteiger partial charge in [-0.1, -0.05) is 78.4 Å². The highest BCUT2D eigenvalue weighted by atomic mass is 32.2. The van der Waals surface area contributed by atoms with Crippen molar-refractivity contribution in [1.82, 2.24) is 4.72 Å². The van der Waals surface area contributed by atoms with Crippen LogP contribution in [0.4, 0.5) is 0 Å². The summed E-state index contributed by atoms with van der Waals surface area (Å²) in [7, 11) is -4.08. The lowest BCUT2D eigenvalue weighted by Crippen LogP contribution is -2.43. The molecular weight excluding hydrogens is 442 g/mol. The average Bonchev–Trinajstić information content (AvgIpc) is 2.82. The summed E-state index contributed by atoms with van der Waals surface area (Å²) in [6, 6.07) is 22.7. The summed E-state index contributed by atoms with van der Waals surface area (Å²) < 4.78 is 38.4. The highest BCUT2D eigenvalue weighted by molar-refractivity contribution is 7.89. The van der Waals surface area contributed by atoms with Crippen molar-refractivity contribution in [3.63, 3.8) is 0 Å². The van der Waals surface area contributed by atoms with E-state index in [0.717, 1.165) is 16.7 Å². The van der Waals surface area contributed by atoms with Crippen LogP contribution in [0, 0.1) is 6.92 Å². The number of carbonyl (C=O) groups excluding carboxylic acids is 2. The molecule has 0 aliphatic carbocycles. The highest BCUT2D eigenvalue weighted by Gasteiger charge is 2.30. The molecular formula is C25H25NO6S. The number of ether oxygens (including phenoxy) is 2. The van der Waals surface area contributed by atoms with Crippen LogP contribution in [-0.2, 0) is 42.3 Å². The van der Waals surface area contributed by atoms with Crippen LogP contribution in [0.25, 0.3) is 0 Å². The molecule has 0 heterocycles. The van der Waals surface area contributed by atoms with Crippen molar-refractivity contribution < 1.29 is 27.5 Å². The molecule has 0 unspecified atom stereocenters. The van der Waals surface area contributed by atoms with Gasteiger partial charge >= 0.3 is 11.9 Å². The third kappa shape index (κ3) is 7.55. The zero-order valence-electron chi connectivity index (χ0n) is 18.1. The maximum absolute atomic E-state index is 12.8. The lowest BCUT2D eigenvalue weighted by Gasteiger charge is -2.17. The van der Waals surface area contributed by atoms with Gasteiger partial charge in [-0.2, -0.15) is 4.72 Å². The second-order valence-electron chi connectivity index (χ2n) is 7.43. The van der Waals surface area contributed by atoms with Gasteiger partial charge < -0.3 is 9.47 Å². The first-order chi connectivity index (χ1) is 15.8. The molecule has 0 saturated carbocycles. The van der Waals surface area contributed by atoms with Gasteiger partial charge in [0, 0.05) is 0 Å². The predicted molar refractivity (Wildman–Crippen MR) is 122 cm³/mol. The van der Waals surface area contributed by atoms with Crippen LogP contribution in [0.3, 0.4) is 0 Å². The number of aryl methyl sites for hydroxylation is 1. The van der Waals surface area contributed by atoms with Crippen LogP contribution in [-0.4, -0.2) is 26.4 Å². The maximum atomic E-state index is 12.8. The van der Waals surface area contributed by atoms with Crippen LogP contribution in [0.1, 0.15) is 23.1 Å². The average molecular weight is 468 g/mol. The number of hydrogen-bond acceptors (Lipinski definition) is 6. The Morgan fingerprint density at radius 1 is 0.788 bits per heavy atom. The molecule has 3 rings (SSSR count). The van der Waals surface area contributed by atoms with E-state index in [0.29, 0.717) is 0 Å². The van der Waals surface area contributed by atoms with E-state index >= 15 is 0 Å². The normalized spacial score (nSPS) is 12.0. The molecule has 0 aliphatic heterocycles. The van der Waals surface area contributed by atoms with Crippen molar-refractivity contribution in [3.05, 3.63) is 102 Å². The molecule has 0 saturated heterocycles. The molecule has 8 heteroatoms. The van der Waals surface area contributed by atoms with Crippen LogP contribution in [0.5, 0.6) is 0 Å². The summed E-state index contributed by atoms with van der Waals surface area (Å²) in [5, 5.41) is 0. The van der Waals surface area contributed by atoms with E-state index in [-0.39, 0.29) is 18.1 Å². The molecule has 3 aromatic carbocycles. The largest absolute Gasteiger partial charge is 0.461 e. The van der Waals surface area contributed by atoms with Crippen molar-refractivity contribution in [2.45, 2.75) is 37.5 Å². The third-order valence-electron chi connectivity index (χ3n) is 4.75. The van der Waals surface area contributed by atoms with Gasteiger partial charge in [-0.05, 0) is 30.2 Å². The Kier molecular flexibility index (Phi) is 8.34. The van der Waals surface area contributed by atoms with Crippen LogP contribution in [0.2, 0.25) is 0 Å². The van der Waals surface area contributed by atoms with Crippen molar-refractivity contribution >= 4 is 22.0 Å². The van der Waals surface area contributed by atoms with Gasteiger partial charge in [-0.25, -0.2) is 8.42 Å². The van der Waals surface area contributed by atoms with Crippen molar-refractivity contribution in [1.29, 1.82) is 0 Å². The topological polar surface area (TPSA) is 98.8 Å². The Balaban J connectivity index is 1.70. The second-order valence-corrected chi connectivity index (χ2v) is 9.14. The lowest BCUT2D eigenvalue weighted by molar-refractivity contribution is -0.153. The molecule has 0 aliphatic rings. The number of rotatable bonds is 10. The van der Waals surface area contributed by atoms with Gasteiger partial charge in [0.25, 0.3) is 0 Å². The quantitative estimate of drug-likeness (QED) is 0.458. The minimum absolute atomic E-state index is 0.0101. The highest BCUT2D eigenvalue weighted by Crippen LogP contribution is 2.13. The van der Waals surface area contributed by atoms with E-state index in [1.807, 2.05) is 31.2 Å². The van der Waals surface area contributed by atoms with Crippen LogP contribution < -0.4 is 4.72 Å². The Labute approximate surface area is 193 Å². The van der Waals surface area contributed by atoms with Gasteiger partial charge in [0.05, 0.1) is 11.3 Å². The summed E-state index contributed by atoms with van der Waals surface area (Å²) in [5.74, 6) is -1.60. The van der Waals surface area contributed by atoms with E-state index in [9.17, 15) is 18.0 Å². The van der Waals surface area contributed by atoms with E-state index in [1.54, 1.807) is 48.5 Å². The summed E-state index contributed by atoms with van der Waals surface area (Å²) in [6.07, 6.45) is -0.508. The molecule has 1 atom stereocenters. The monoisotopic (exact) mass is 467 g/mol. The molecule has 0 amide bonds. The second kappa shape index (κ2) is 11.4. The fraction of sp³-hybridized carbons (Fsp3) is 0.200. The minimum Gasteiger partial charge on any atom is -0.461 e. The summed E-state index contributed by atoms with van der Waals surface area (Å²) in [4.78, 5) is 25.1. The minimum atomic E-state index is -4.08. The molecule has 0 spiro atoms. The lowest BCUT2D eigenvalue weighted by atomic mass is 10.2. The van der Waals surface area contributed by atoms with Crippen molar-refractivity contribution in [2.75, 3.05) is 0 Å². The molecule has 1 N–H and O–H groups in total. The number of hydrogen-bond donors (Lipinski definition) is 1. The third-order valence-corrected chi connectivity index (χ3v) is 6.24. The zero-order chi connectivity index (χ0) is 23.7. The Bertz CT molecular complexity index is 1160. The molecule has 3 aromatic rings. The molecule has 0 bridgehead atoms. The van der Waals surface area contributed by atoms with Crippen LogP contribution in [0.15, 0.2) is 89.8 Å². The zero-order valence-corrected chi connectivity index (χ0v) is 19.0. The first-order valence-electron chi connectivity index (χ1n) is 10.3. The standard InChI is InChI=1S/C25H25NO6S/c1-19-12-14-22(15-13-19)33(29,30)26-23(25(28)32-18-21-10-6-3-7-11-21)16-24(27)31-17-20-8-4-2-5-9-20/h2-15,23,26H,16-18H2,1H3/t23-/m0/s1. The summed E-state index contributed by atoms with van der Waals surface area (Å²) >= 11 is 0. The molecule has 172 valence electrons. The number of esters is 2. The van der Waals surface area contributed by atoms with Crippen molar-refractivity contribution in [3.8, 4) is 0 Å². The molecule has 7 nitrogen and oxygen atoms in total. The smallest absolute Gasteiger partial charge is 0.325 e. The molecule has 33 heavy (non-hydrogen) atoms. The van der Waals surface area contributed by atoms with E-state index < -0.39 is 34.4 Å². The fourth-order valence-corrected chi connectivity index (χ4v) is 4.12. The number of carbonyl (C=O) groups is 2. The van der Waals surface area contributed by atoms with Gasteiger partial charge in [0.15, 0.2) is 0 Å². The maximum Gasteiger partial charge on any atom is 0.325 e. The van der Waals surface area contributed by atoms with Gasteiger partial charge in [0.2, 0.25) is 10.0 Å². The number of nitrogens with one attached hydrogen (secondary N) is 1. The fourth-order valence-electron chi connectivity index (χ4n) is 2.94. The SMILES string of the molecule is Cc1ccc(S(=O)(=O)N[C@@H](CC(=O)OCc2ccccc2)C(=O)OCc2ccccc2)cc1. The molecule has 0 fully saturated rings. The van der Waals surface area contributed by atoms with Gasteiger partial charge in [0.1, 0.15) is 19.3 Å². The first-order valence-corrected chi connectivity index (χ1v) is 11.8. The number of sulfonamides is 1. The van der Waals surface area contributed by atoms with Gasteiger partial charge in [-0.3, -0.25) is 9.59 Å². The number of benzene rings is 3. The van der Waals surface area contributed by atoms with E-state index in [1.165, 1.54) is 12.1 Å². The first kappa shape index (κ1) is 24.2. The summed E-state index contributed by atoms with van der Waals surface area (Å²) in [5.41, 5.74) is 2.39. The summed E-state index contributed by atoms with van der Waals surface area (Å²) in [6.45, 7) is 1.79. The Morgan fingerprint density at radius 2 is 1.30 bits per heavy atom. The van der Waals surface area contributed by atoms with Crippen LogP contribution >= 0.6 is 0 Å². The predicted octanol–water partition coefficient (Wildman–Crippen LogP) is 3.52. The Hall–Kier alpha value is -3.49. The Morgan fingerprint density at radius 3 is 1.85 bits per heavy atom.